The highest BCUT2D eigenvalue weighted by atomic mass is 16.4. The molecule has 0 fully saturated rings. The predicted octanol–water partition coefficient (Wildman–Crippen LogP) is 1.71. The van der Waals surface area contributed by atoms with Crippen molar-refractivity contribution in [2.75, 3.05) is 0 Å². The van der Waals surface area contributed by atoms with Gasteiger partial charge in [0.2, 0.25) is 0 Å². The molecule has 0 saturated carbocycles. The van der Waals surface area contributed by atoms with Gasteiger partial charge in [-0.05, 0) is 40.0 Å². The molecule has 0 aromatic carbocycles. The lowest BCUT2D eigenvalue weighted by atomic mass is 9.95. The number of aliphatic hydroxyl groups excluding tert-OH is 1. The van der Waals surface area contributed by atoms with Gasteiger partial charge in [-0.2, -0.15) is 0 Å². The van der Waals surface area contributed by atoms with Crippen LogP contribution in [0.3, 0.4) is 0 Å². The molecule has 0 rings (SSSR count). The molecule has 0 bridgehead atoms. The molecule has 0 aliphatic rings. The summed E-state index contributed by atoms with van der Waals surface area (Å²) in [5, 5.41) is 27.5. The summed E-state index contributed by atoms with van der Waals surface area (Å²) in [6.45, 7) is 5.04. The third kappa shape index (κ3) is 7.43. The van der Waals surface area contributed by atoms with E-state index < -0.39 is 17.7 Å². The van der Waals surface area contributed by atoms with E-state index in [1.807, 2.05) is 13.0 Å². The van der Waals surface area contributed by atoms with Gasteiger partial charge < -0.3 is 15.3 Å². The van der Waals surface area contributed by atoms with E-state index in [0.717, 1.165) is 5.57 Å². The topological polar surface area (TPSA) is 77.8 Å². The van der Waals surface area contributed by atoms with Gasteiger partial charge in [0.1, 0.15) is 0 Å². The number of carboxylic acids is 1. The zero-order chi connectivity index (χ0) is 12.8. The zero-order valence-electron chi connectivity index (χ0n) is 10.2. The maximum Gasteiger partial charge on any atom is 0.303 e. The monoisotopic (exact) mass is 230 g/mol. The Bertz CT molecular complexity index is 250. The normalized spacial score (nSPS) is 14.9. The first-order chi connectivity index (χ1) is 7.23. The lowest BCUT2D eigenvalue weighted by Crippen LogP contribution is -2.35. The first-order valence-electron chi connectivity index (χ1n) is 5.51. The molecule has 0 heterocycles. The smallest absolute Gasteiger partial charge is 0.303 e. The fraction of sp³-hybridized carbons (Fsp3) is 0.750. The van der Waals surface area contributed by atoms with Crippen molar-refractivity contribution in [2.45, 2.75) is 58.2 Å². The number of carbonyl (C=O) groups is 1. The quantitative estimate of drug-likeness (QED) is 0.582. The van der Waals surface area contributed by atoms with E-state index in [1.54, 1.807) is 13.8 Å². The summed E-state index contributed by atoms with van der Waals surface area (Å²) in [6.07, 6.45) is 2.91. The van der Waals surface area contributed by atoms with Crippen LogP contribution in [0.25, 0.3) is 0 Å². The van der Waals surface area contributed by atoms with E-state index in [4.69, 9.17) is 5.11 Å². The van der Waals surface area contributed by atoms with Crippen molar-refractivity contribution >= 4 is 5.97 Å². The second kappa shape index (κ2) is 6.66. The van der Waals surface area contributed by atoms with Crippen LogP contribution in [0.15, 0.2) is 11.6 Å². The lowest BCUT2D eigenvalue weighted by molar-refractivity contribution is -0.136. The summed E-state index contributed by atoms with van der Waals surface area (Å²) in [6, 6.07) is 0. The van der Waals surface area contributed by atoms with E-state index in [9.17, 15) is 15.0 Å². The Morgan fingerprint density at radius 2 is 1.94 bits per heavy atom. The number of aliphatic carboxylic acids is 1. The number of hydrogen-bond donors (Lipinski definition) is 3. The van der Waals surface area contributed by atoms with Gasteiger partial charge in [0.05, 0.1) is 11.7 Å². The van der Waals surface area contributed by atoms with Crippen molar-refractivity contribution < 1.29 is 20.1 Å². The number of rotatable bonds is 7. The first-order valence-corrected chi connectivity index (χ1v) is 5.51. The Morgan fingerprint density at radius 3 is 2.38 bits per heavy atom. The summed E-state index contributed by atoms with van der Waals surface area (Å²) in [4.78, 5) is 10.3. The Balaban J connectivity index is 3.88. The van der Waals surface area contributed by atoms with Crippen molar-refractivity contribution in [3.8, 4) is 0 Å². The standard InChI is InChI=1S/C12H22O4/c1-9(5-4-6-11(14)15)7-8-10(13)12(2,3)16/h5,10,13,16H,4,6-8H2,1-3H3,(H,14,15). The van der Waals surface area contributed by atoms with Gasteiger partial charge in [-0.1, -0.05) is 11.6 Å². The summed E-state index contributed by atoms with van der Waals surface area (Å²) >= 11 is 0. The maximum absolute atomic E-state index is 10.3. The third-order valence-corrected chi connectivity index (χ3v) is 2.48. The molecular weight excluding hydrogens is 208 g/mol. The molecule has 1 atom stereocenters. The molecule has 0 spiro atoms. The highest BCUT2D eigenvalue weighted by molar-refractivity contribution is 5.66. The molecule has 1 unspecified atom stereocenters. The SMILES string of the molecule is CC(=CCCC(=O)O)CCC(O)C(C)(C)O. The Morgan fingerprint density at radius 1 is 1.38 bits per heavy atom. The summed E-state index contributed by atoms with van der Waals surface area (Å²) in [5.41, 5.74) is -0.0361. The molecule has 0 aromatic rings. The molecule has 3 N–H and O–H groups in total. The molecule has 0 aliphatic heterocycles. The van der Waals surface area contributed by atoms with E-state index >= 15 is 0 Å². The van der Waals surface area contributed by atoms with Crippen molar-refractivity contribution in [3.63, 3.8) is 0 Å². The van der Waals surface area contributed by atoms with Gasteiger partial charge in [0.15, 0.2) is 0 Å². The first kappa shape index (κ1) is 15.1. The fourth-order valence-electron chi connectivity index (χ4n) is 1.26. The minimum atomic E-state index is -1.08. The van der Waals surface area contributed by atoms with Crippen LogP contribution in [-0.4, -0.2) is 33.0 Å². The van der Waals surface area contributed by atoms with Crippen LogP contribution in [0.4, 0.5) is 0 Å². The summed E-state index contributed by atoms with van der Waals surface area (Å²) in [5.74, 6) is -0.805. The van der Waals surface area contributed by atoms with Gasteiger partial charge >= 0.3 is 5.97 Å². The zero-order valence-corrected chi connectivity index (χ0v) is 10.2. The second-order valence-corrected chi connectivity index (χ2v) is 4.69. The lowest BCUT2D eigenvalue weighted by Gasteiger charge is -2.24. The molecule has 4 nitrogen and oxygen atoms in total. The van der Waals surface area contributed by atoms with Gasteiger partial charge in [0, 0.05) is 6.42 Å². The van der Waals surface area contributed by atoms with E-state index in [1.165, 1.54) is 0 Å². The number of hydrogen-bond acceptors (Lipinski definition) is 3. The van der Waals surface area contributed by atoms with Crippen molar-refractivity contribution in [3.05, 3.63) is 11.6 Å². The molecule has 0 amide bonds. The molecule has 4 heteroatoms. The van der Waals surface area contributed by atoms with Crippen LogP contribution < -0.4 is 0 Å². The molecule has 94 valence electrons. The minimum Gasteiger partial charge on any atom is -0.481 e. The Kier molecular flexibility index (Phi) is 6.29. The largest absolute Gasteiger partial charge is 0.481 e. The number of carboxylic acid groups (broad SMARTS) is 1. The molecule has 0 aromatic heterocycles. The van der Waals surface area contributed by atoms with Crippen LogP contribution in [0.2, 0.25) is 0 Å². The van der Waals surface area contributed by atoms with Crippen LogP contribution >= 0.6 is 0 Å². The second-order valence-electron chi connectivity index (χ2n) is 4.69. The van der Waals surface area contributed by atoms with Gasteiger partial charge in [0.25, 0.3) is 0 Å². The Hall–Kier alpha value is -0.870. The van der Waals surface area contributed by atoms with Crippen LogP contribution in [-0.2, 0) is 4.79 Å². The molecule has 0 aliphatic carbocycles. The van der Waals surface area contributed by atoms with Crippen LogP contribution in [0, 0.1) is 0 Å². The van der Waals surface area contributed by atoms with Crippen molar-refractivity contribution in [2.24, 2.45) is 0 Å². The fourth-order valence-corrected chi connectivity index (χ4v) is 1.26. The van der Waals surface area contributed by atoms with E-state index in [2.05, 4.69) is 0 Å². The van der Waals surface area contributed by atoms with Crippen LogP contribution in [0.5, 0.6) is 0 Å². The van der Waals surface area contributed by atoms with Gasteiger partial charge in [-0.15, -0.1) is 0 Å². The number of aliphatic hydroxyl groups is 2. The molecule has 0 radical (unpaired) electrons. The van der Waals surface area contributed by atoms with E-state index in [0.29, 0.717) is 19.3 Å². The summed E-state index contributed by atoms with van der Waals surface area (Å²) in [7, 11) is 0. The average Bonchev–Trinajstić information content (AvgIpc) is 2.11. The van der Waals surface area contributed by atoms with Crippen LogP contribution in [0.1, 0.15) is 46.5 Å². The maximum atomic E-state index is 10.3. The van der Waals surface area contributed by atoms with Crippen molar-refractivity contribution in [1.29, 1.82) is 0 Å². The minimum absolute atomic E-state index is 0.130. The Labute approximate surface area is 96.6 Å². The van der Waals surface area contributed by atoms with Crippen molar-refractivity contribution in [1.82, 2.24) is 0 Å². The van der Waals surface area contributed by atoms with Gasteiger partial charge in [-0.3, -0.25) is 4.79 Å². The van der Waals surface area contributed by atoms with E-state index in [-0.39, 0.29) is 6.42 Å². The molecule has 16 heavy (non-hydrogen) atoms. The highest BCUT2D eigenvalue weighted by Crippen LogP contribution is 2.16. The summed E-state index contributed by atoms with van der Waals surface area (Å²) < 4.78 is 0. The third-order valence-electron chi connectivity index (χ3n) is 2.48. The average molecular weight is 230 g/mol. The van der Waals surface area contributed by atoms with Gasteiger partial charge in [-0.25, -0.2) is 0 Å². The molecule has 0 saturated heterocycles. The number of allylic oxidation sites excluding steroid dienone is 2. The predicted molar refractivity (Wildman–Crippen MR) is 62.2 cm³/mol. The molecular formula is C12H22O4. The highest BCUT2D eigenvalue weighted by Gasteiger charge is 2.23.